The van der Waals surface area contributed by atoms with Gasteiger partial charge in [-0.3, -0.25) is 0 Å². The Hall–Kier alpha value is -2.00. The second-order valence-corrected chi connectivity index (χ2v) is 5.37. The van der Waals surface area contributed by atoms with Crippen LogP contribution in [-0.2, 0) is 6.54 Å². The molecule has 2 aromatic rings. The van der Waals surface area contributed by atoms with E-state index in [1.807, 2.05) is 26.2 Å². The third-order valence-electron chi connectivity index (χ3n) is 3.39. The molecule has 0 spiro atoms. The minimum atomic E-state index is 0.866. The van der Waals surface area contributed by atoms with Crippen LogP contribution in [0.4, 0.5) is 5.69 Å². The maximum absolute atomic E-state index is 6.07. The van der Waals surface area contributed by atoms with E-state index < -0.39 is 0 Å². The summed E-state index contributed by atoms with van der Waals surface area (Å²) in [5, 5.41) is 3.34. The quantitative estimate of drug-likeness (QED) is 0.869. The van der Waals surface area contributed by atoms with Gasteiger partial charge >= 0.3 is 0 Å². The Kier molecular flexibility index (Phi) is 5.23. The molecule has 0 heterocycles. The Bertz CT molecular complexity index is 594. The zero-order valence-electron chi connectivity index (χ0n) is 13.3. The van der Waals surface area contributed by atoms with Crippen LogP contribution in [0.1, 0.15) is 18.1 Å². The molecule has 0 atom stereocenters. The largest absolute Gasteiger partial charge is 0.457 e. The fourth-order valence-electron chi connectivity index (χ4n) is 2.09. The van der Waals surface area contributed by atoms with Crippen LogP contribution in [0.5, 0.6) is 11.5 Å². The van der Waals surface area contributed by atoms with Gasteiger partial charge in [0, 0.05) is 32.4 Å². The van der Waals surface area contributed by atoms with Crippen LogP contribution in [0.15, 0.2) is 42.5 Å². The molecule has 112 valence electrons. The first-order chi connectivity index (χ1) is 10.1. The Morgan fingerprint density at radius 3 is 2.62 bits per heavy atom. The Balaban J connectivity index is 2.20. The van der Waals surface area contributed by atoms with Gasteiger partial charge in [-0.25, -0.2) is 0 Å². The number of hydrogen-bond donors (Lipinski definition) is 1. The first kappa shape index (κ1) is 15.4. The van der Waals surface area contributed by atoms with E-state index in [1.54, 1.807) is 0 Å². The molecule has 0 unspecified atom stereocenters. The van der Waals surface area contributed by atoms with Gasteiger partial charge in [-0.2, -0.15) is 0 Å². The van der Waals surface area contributed by atoms with Gasteiger partial charge in [-0.1, -0.05) is 25.1 Å². The van der Waals surface area contributed by atoms with Crippen molar-refractivity contribution in [1.82, 2.24) is 5.32 Å². The number of nitrogens with one attached hydrogen (secondary N) is 1. The maximum atomic E-state index is 6.07. The van der Waals surface area contributed by atoms with Gasteiger partial charge in [-0.05, 0) is 42.8 Å². The molecule has 0 aliphatic carbocycles. The van der Waals surface area contributed by atoms with E-state index in [2.05, 4.69) is 54.4 Å². The van der Waals surface area contributed by atoms with Gasteiger partial charge in [0.25, 0.3) is 0 Å². The first-order valence-electron chi connectivity index (χ1n) is 7.35. The van der Waals surface area contributed by atoms with Crippen molar-refractivity contribution in [2.24, 2.45) is 0 Å². The molecule has 0 aliphatic rings. The van der Waals surface area contributed by atoms with Gasteiger partial charge in [0.15, 0.2) is 0 Å². The first-order valence-corrected chi connectivity index (χ1v) is 7.35. The summed E-state index contributed by atoms with van der Waals surface area (Å²) in [6.07, 6.45) is 0. The van der Waals surface area contributed by atoms with Crippen molar-refractivity contribution in [2.45, 2.75) is 20.4 Å². The average Bonchev–Trinajstić information content (AvgIpc) is 2.48. The molecule has 3 heteroatoms. The standard InChI is InChI=1S/C18H24N2O/c1-5-19-13-15-10-9-14(2)18(11-15)21-17-8-6-7-16(12-17)20(3)4/h6-12,19H,5,13H2,1-4H3. The highest BCUT2D eigenvalue weighted by atomic mass is 16.5. The van der Waals surface area contributed by atoms with Crippen molar-refractivity contribution in [3.63, 3.8) is 0 Å². The molecular formula is C18H24N2O. The second-order valence-electron chi connectivity index (χ2n) is 5.37. The summed E-state index contributed by atoms with van der Waals surface area (Å²) in [6, 6.07) is 14.5. The highest BCUT2D eigenvalue weighted by Crippen LogP contribution is 2.28. The molecule has 0 amide bonds. The van der Waals surface area contributed by atoms with Crippen molar-refractivity contribution >= 4 is 5.69 Å². The number of hydrogen-bond acceptors (Lipinski definition) is 3. The minimum absolute atomic E-state index is 0.866. The molecule has 2 rings (SSSR count). The van der Waals surface area contributed by atoms with Gasteiger partial charge in [0.2, 0.25) is 0 Å². The fourth-order valence-corrected chi connectivity index (χ4v) is 2.09. The van der Waals surface area contributed by atoms with Crippen LogP contribution in [-0.4, -0.2) is 20.6 Å². The van der Waals surface area contributed by atoms with Crippen molar-refractivity contribution in [1.29, 1.82) is 0 Å². The third kappa shape index (κ3) is 4.23. The third-order valence-corrected chi connectivity index (χ3v) is 3.39. The summed E-state index contributed by atoms with van der Waals surface area (Å²) < 4.78 is 6.07. The van der Waals surface area contributed by atoms with E-state index in [4.69, 9.17) is 4.74 Å². The molecule has 0 radical (unpaired) electrons. The van der Waals surface area contributed by atoms with Crippen LogP contribution < -0.4 is 15.0 Å². The topological polar surface area (TPSA) is 24.5 Å². The lowest BCUT2D eigenvalue weighted by Gasteiger charge is -2.15. The summed E-state index contributed by atoms with van der Waals surface area (Å²) in [5.74, 6) is 1.78. The van der Waals surface area contributed by atoms with Crippen LogP contribution in [0.3, 0.4) is 0 Å². The summed E-state index contributed by atoms with van der Waals surface area (Å²) in [6.45, 7) is 6.01. The van der Waals surface area contributed by atoms with E-state index in [0.29, 0.717) is 0 Å². The van der Waals surface area contributed by atoms with Gasteiger partial charge < -0.3 is 15.0 Å². The molecule has 2 aromatic carbocycles. The lowest BCUT2D eigenvalue weighted by Crippen LogP contribution is -2.11. The van der Waals surface area contributed by atoms with Gasteiger partial charge in [-0.15, -0.1) is 0 Å². The van der Waals surface area contributed by atoms with Crippen LogP contribution in [0, 0.1) is 6.92 Å². The molecule has 0 bridgehead atoms. The van der Waals surface area contributed by atoms with E-state index in [0.717, 1.165) is 35.8 Å². The predicted octanol–water partition coefficient (Wildman–Crippen LogP) is 3.96. The summed E-state index contributed by atoms with van der Waals surface area (Å²) in [7, 11) is 4.06. The van der Waals surface area contributed by atoms with Crippen molar-refractivity contribution in [3.05, 3.63) is 53.6 Å². The molecule has 3 nitrogen and oxygen atoms in total. The molecule has 0 aliphatic heterocycles. The molecule has 21 heavy (non-hydrogen) atoms. The van der Waals surface area contributed by atoms with Gasteiger partial charge in [0.05, 0.1) is 0 Å². The fraction of sp³-hybridized carbons (Fsp3) is 0.333. The van der Waals surface area contributed by atoms with Crippen LogP contribution in [0.25, 0.3) is 0 Å². The SMILES string of the molecule is CCNCc1ccc(C)c(Oc2cccc(N(C)C)c2)c1. The zero-order chi connectivity index (χ0) is 15.2. The van der Waals surface area contributed by atoms with Crippen LogP contribution in [0.2, 0.25) is 0 Å². The molecule has 0 saturated carbocycles. The lowest BCUT2D eigenvalue weighted by atomic mass is 10.1. The number of ether oxygens (including phenoxy) is 1. The van der Waals surface area contributed by atoms with Crippen molar-refractivity contribution < 1.29 is 4.74 Å². The molecule has 0 aromatic heterocycles. The number of rotatable bonds is 6. The molecular weight excluding hydrogens is 260 g/mol. The van der Waals surface area contributed by atoms with E-state index >= 15 is 0 Å². The molecule has 0 fully saturated rings. The summed E-state index contributed by atoms with van der Waals surface area (Å²) >= 11 is 0. The lowest BCUT2D eigenvalue weighted by molar-refractivity contribution is 0.478. The minimum Gasteiger partial charge on any atom is -0.457 e. The highest BCUT2D eigenvalue weighted by Gasteiger charge is 2.05. The number of anilines is 1. The Labute approximate surface area is 127 Å². The average molecular weight is 284 g/mol. The molecule has 1 N–H and O–H groups in total. The molecule has 0 saturated heterocycles. The van der Waals surface area contributed by atoms with Crippen LogP contribution >= 0.6 is 0 Å². The smallest absolute Gasteiger partial charge is 0.130 e. The van der Waals surface area contributed by atoms with Gasteiger partial charge in [0.1, 0.15) is 11.5 Å². The predicted molar refractivity (Wildman–Crippen MR) is 89.4 cm³/mol. The van der Waals surface area contributed by atoms with E-state index in [9.17, 15) is 0 Å². The maximum Gasteiger partial charge on any atom is 0.130 e. The highest BCUT2D eigenvalue weighted by molar-refractivity contribution is 5.51. The zero-order valence-corrected chi connectivity index (χ0v) is 13.3. The van der Waals surface area contributed by atoms with Crippen molar-refractivity contribution in [3.8, 4) is 11.5 Å². The number of aryl methyl sites for hydroxylation is 1. The normalized spacial score (nSPS) is 10.5. The number of benzene rings is 2. The summed E-state index contributed by atoms with van der Waals surface area (Å²) in [4.78, 5) is 2.07. The number of nitrogens with zero attached hydrogens (tertiary/aromatic N) is 1. The van der Waals surface area contributed by atoms with E-state index in [-0.39, 0.29) is 0 Å². The monoisotopic (exact) mass is 284 g/mol. The Morgan fingerprint density at radius 1 is 1.10 bits per heavy atom. The summed E-state index contributed by atoms with van der Waals surface area (Å²) in [5.41, 5.74) is 3.51. The van der Waals surface area contributed by atoms with Crippen molar-refractivity contribution in [2.75, 3.05) is 25.5 Å². The Morgan fingerprint density at radius 2 is 1.90 bits per heavy atom. The van der Waals surface area contributed by atoms with E-state index in [1.165, 1.54) is 5.56 Å². The second kappa shape index (κ2) is 7.14.